The molecule has 1 rings (SSSR count). The van der Waals surface area contributed by atoms with Crippen molar-refractivity contribution in [3.63, 3.8) is 0 Å². The van der Waals surface area contributed by atoms with Gasteiger partial charge in [-0.25, -0.2) is 0 Å². The topological polar surface area (TPSA) is 86.6 Å². The third-order valence-electron chi connectivity index (χ3n) is 4.79. The number of amides is 1. The highest BCUT2D eigenvalue weighted by atomic mass is 16.3. The quantitative estimate of drug-likeness (QED) is 0.566. The van der Waals surface area contributed by atoms with Gasteiger partial charge in [0, 0.05) is 18.5 Å². The normalized spacial score (nSPS) is 24.3. The summed E-state index contributed by atoms with van der Waals surface area (Å²) in [5.41, 5.74) is 1.59. The van der Waals surface area contributed by atoms with Crippen LogP contribution < -0.4 is 5.32 Å². The minimum Gasteiger partial charge on any atom is -0.390 e. The van der Waals surface area contributed by atoms with E-state index < -0.39 is 12.2 Å². The molecule has 1 amide bonds. The minimum absolute atomic E-state index is 0.0184. The van der Waals surface area contributed by atoms with Crippen LogP contribution in [0.15, 0.2) is 84.1 Å². The van der Waals surface area contributed by atoms with Gasteiger partial charge in [0.05, 0.1) is 12.2 Å². The first-order valence-electron chi connectivity index (χ1n) is 11.2. The van der Waals surface area contributed by atoms with Gasteiger partial charge in [-0.1, -0.05) is 85.3 Å². The first-order chi connectivity index (χ1) is 15.3. The monoisotopic (exact) mass is 439 g/mol. The summed E-state index contributed by atoms with van der Waals surface area (Å²) in [6, 6.07) is -0.0184. The molecule has 0 aromatic heterocycles. The Morgan fingerprint density at radius 3 is 2.50 bits per heavy atom. The van der Waals surface area contributed by atoms with Crippen LogP contribution >= 0.6 is 0 Å². The summed E-state index contributed by atoms with van der Waals surface area (Å²) in [5, 5.41) is 23.2. The molecule has 0 fully saturated rings. The van der Waals surface area contributed by atoms with Crippen molar-refractivity contribution >= 4 is 11.7 Å². The molecule has 0 saturated carbocycles. The maximum atomic E-state index is 12.3. The van der Waals surface area contributed by atoms with Crippen molar-refractivity contribution in [3.8, 4) is 0 Å². The molecule has 1 aliphatic rings. The second kappa shape index (κ2) is 16.0. The van der Waals surface area contributed by atoms with E-state index in [9.17, 15) is 19.8 Å². The molecule has 3 atom stereocenters. The van der Waals surface area contributed by atoms with Gasteiger partial charge >= 0.3 is 0 Å². The third-order valence-corrected chi connectivity index (χ3v) is 4.79. The van der Waals surface area contributed by atoms with E-state index in [1.165, 1.54) is 18.2 Å². The van der Waals surface area contributed by atoms with Crippen LogP contribution in [0.4, 0.5) is 0 Å². The van der Waals surface area contributed by atoms with Gasteiger partial charge in [-0.2, -0.15) is 0 Å². The number of rotatable bonds is 4. The Bertz CT molecular complexity index is 812. The molecule has 3 N–H and O–H groups in total. The Hall–Kier alpha value is -2.76. The van der Waals surface area contributed by atoms with Crippen molar-refractivity contribution in [2.45, 2.75) is 71.1 Å². The standard InChI is InChI=1S/C27H37NO4/c1-4-5-6-7-14-23-15-10-8-12-21(2)17-18-24(29)20-26(31)25(30)19-22(3)13-9-11-16-27(32)28-23/h6-13,16-19,23,25-26,30-31H,4-5,14-15,20H2,1-3H3,(H,28,32). The molecule has 5 heteroatoms. The average molecular weight is 440 g/mol. The number of hydrogen-bond acceptors (Lipinski definition) is 4. The van der Waals surface area contributed by atoms with E-state index in [0.717, 1.165) is 24.8 Å². The van der Waals surface area contributed by atoms with Crippen LogP contribution in [0.25, 0.3) is 0 Å². The van der Waals surface area contributed by atoms with Gasteiger partial charge in [0.2, 0.25) is 5.91 Å². The van der Waals surface area contributed by atoms with E-state index in [1.54, 1.807) is 31.2 Å². The largest absolute Gasteiger partial charge is 0.390 e. The predicted molar refractivity (Wildman–Crippen MR) is 131 cm³/mol. The van der Waals surface area contributed by atoms with Crippen LogP contribution in [-0.4, -0.2) is 40.2 Å². The zero-order valence-electron chi connectivity index (χ0n) is 19.4. The lowest BCUT2D eigenvalue weighted by atomic mass is 10.0. The summed E-state index contributed by atoms with van der Waals surface area (Å²) >= 11 is 0. The van der Waals surface area contributed by atoms with Crippen molar-refractivity contribution in [3.05, 3.63) is 84.1 Å². The van der Waals surface area contributed by atoms with Crippen LogP contribution in [0.3, 0.4) is 0 Å². The average Bonchev–Trinajstić information content (AvgIpc) is 2.74. The molecular weight excluding hydrogens is 402 g/mol. The number of nitrogens with one attached hydrogen (secondary N) is 1. The van der Waals surface area contributed by atoms with Gasteiger partial charge in [-0.05, 0) is 39.2 Å². The molecular formula is C27H37NO4. The maximum Gasteiger partial charge on any atom is 0.244 e. The van der Waals surface area contributed by atoms with Crippen LogP contribution in [0.1, 0.15) is 52.9 Å². The number of hydrogen-bond donors (Lipinski definition) is 3. The number of unbranched alkanes of at least 4 members (excludes halogenated alkanes) is 1. The minimum atomic E-state index is -1.19. The number of ketones is 1. The van der Waals surface area contributed by atoms with Gasteiger partial charge in [0.15, 0.2) is 5.78 Å². The van der Waals surface area contributed by atoms with Gasteiger partial charge in [0.25, 0.3) is 0 Å². The molecule has 0 spiro atoms. The van der Waals surface area contributed by atoms with Crippen LogP contribution in [0.5, 0.6) is 0 Å². The molecule has 32 heavy (non-hydrogen) atoms. The van der Waals surface area contributed by atoms with E-state index in [4.69, 9.17) is 0 Å². The number of carbonyl (C=O) groups excluding carboxylic acids is 2. The number of carbonyl (C=O) groups is 2. The lowest BCUT2D eigenvalue weighted by Crippen LogP contribution is -2.32. The summed E-state index contributed by atoms with van der Waals surface area (Å²) < 4.78 is 0. The Balaban J connectivity index is 3.03. The molecule has 0 aromatic carbocycles. The van der Waals surface area contributed by atoms with Crippen molar-refractivity contribution in [2.24, 2.45) is 0 Å². The molecule has 0 saturated heterocycles. The van der Waals surface area contributed by atoms with E-state index in [2.05, 4.69) is 24.4 Å². The molecule has 174 valence electrons. The molecule has 0 radical (unpaired) electrons. The SMILES string of the molecule is CCCC=CCC1CC=CC=C(C)C=CC(=O)CC(O)C(O)C=C(C)C=CC=CC(=O)N1. The lowest BCUT2D eigenvalue weighted by molar-refractivity contribution is -0.118. The molecule has 5 nitrogen and oxygen atoms in total. The van der Waals surface area contributed by atoms with Crippen molar-refractivity contribution in [1.29, 1.82) is 0 Å². The van der Waals surface area contributed by atoms with Gasteiger partial charge in [0.1, 0.15) is 0 Å². The molecule has 0 aliphatic carbocycles. The fraction of sp³-hybridized carbons (Fsp3) is 0.407. The molecule has 3 unspecified atom stereocenters. The Labute approximate surface area is 192 Å². The van der Waals surface area contributed by atoms with Crippen molar-refractivity contribution in [1.82, 2.24) is 5.32 Å². The van der Waals surface area contributed by atoms with Crippen molar-refractivity contribution in [2.75, 3.05) is 0 Å². The number of aliphatic hydroxyl groups is 2. The van der Waals surface area contributed by atoms with Crippen molar-refractivity contribution < 1.29 is 19.8 Å². The highest BCUT2D eigenvalue weighted by Gasteiger charge is 2.16. The number of allylic oxidation sites excluding steroid dienone is 10. The first kappa shape index (κ1) is 27.3. The number of aliphatic hydroxyl groups excluding tert-OH is 2. The smallest absolute Gasteiger partial charge is 0.244 e. The maximum absolute atomic E-state index is 12.3. The molecule has 1 aliphatic heterocycles. The predicted octanol–water partition coefficient (Wildman–Crippen LogP) is 4.42. The third kappa shape index (κ3) is 12.8. The molecule has 1 heterocycles. The van der Waals surface area contributed by atoms with Gasteiger partial charge < -0.3 is 15.5 Å². The van der Waals surface area contributed by atoms with E-state index in [-0.39, 0.29) is 24.2 Å². The van der Waals surface area contributed by atoms with Gasteiger partial charge in [-0.3, -0.25) is 9.59 Å². The second-order valence-corrected chi connectivity index (χ2v) is 7.97. The lowest BCUT2D eigenvalue weighted by Gasteiger charge is -2.14. The van der Waals surface area contributed by atoms with E-state index >= 15 is 0 Å². The Morgan fingerprint density at radius 1 is 1.00 bits per heavy atom. The van der Waals surface area contributed by atoms with E-state index in [0.29, 0.717) is 12.0 Å². The highest BCUT2D eigenvalue weighted by Crippen LogP contribution is 2.08. The zero-order valence-corrected chi connectivity index (χ0v) is 19.4. The fourth-order valence-electron chi connectivity index (χ4n) is 2.93. The summed E-state index contributed by atoms with van der Waals surface area (Å²) in [6.45, 7) is 5.78. The van der Waals surface area contributed by atoms with Crippen LogP contribution in [0, 0.1) is 0 Å². The Morgan fingerprint density at radius 2 is 1.75 bits per heavy atom. The highest BCUT2D eigenvalue weighted by molar-refractivity contribution is 5.90. The summed E-state index contributed by atoms with van der Waals surface area (Å²) in [7, 11) is 0. The zero-order chi connectivity index (χ0) is 23.8. The van der Waals surface area contributed by atoms with Crippen LogP contribution in [0.2, 0.25) is 0 Å². The van der Waals surface area contributed by atoms with E-state index in [1.807, 2.05) is 25.2 Å². The summed E-state index contributed by atoms with van der Waals surface area (Å²) in [5.74, 6) is -0.426. The summed E-state index contributed by atoms with van der Waals surface area (Å²) in [6.07, 6.45) is 22.2. The summed E-state index contributed by atoms with van der Waals surface area (Å²) in [4.78, 5) is 24.4. The molecule has 0 bridgehead atoms. The Kier molecular flexibility index (Phi) is 13.6. The van der Waals surface area contributed by atoms with Crippen LogP contribution in [-0.2, 0) is 9.59 Å². The first-order valence-corrected chi connectivity index (χ1v) is 11.2. The molecule has 0 aromatic rings. The second-order valence-electron chi connectivity index (χ2n) is 7.97. The van der Waals surface area contributed by atoms with Gasteiger partial charge in [-0.15, -0.1) is 0 Å². The fourth-order valence-corrected chi connectivity index (χ4v) is 2.93.